The first-order valence-electron chi connectivity index (χ1n) is 10.8. The molecule has 34 heavy (non-hydrogen) atoms. The van der Waals surface area contributed by atoms with Gasteiger partial charge in [0.1, 0.15) is 23.4 Å². The number of nitrogens with zero attached hydrogens (tertiary/aromatic N) is 6. The van der Waals surface area contributed by atoms with Crippen LogP contribution in [0.5, 0.6) is 0 Å². The zero-order chi connectivity index (χ0) is 24.7. The van der Waals surface area contributed by atoms with E-state index >= 15 is 0 Å². The molecular formula is C23H26FN7O3. The Kier molecular flexibility index (Phi) is 8.21. The van der Waals surface area contributed by atoms with Crippen LogP contribution in [-0.4, -0.2) is 78.4 Å². The Hall–Kier alpha value is -3.91. The van der Waals surface area contributed by atoms with Crippen molar-refractivity contribution in [1.82, 2.24) is 19.8 Å². The lowest BCUT2D eigenvalue weighted by molar-refractivity contribution is -0.136. The molecule has 0 aliphatic carbocycles. The van der Waals surface area contributed by atoms with Crippen molar-refractivity contribution < 1.29 is 18.8 Å². The maximum atomic E-state index is 12.7. The highest BCUT2D eigenvalue weighted by Gasteiger charge is 2.23. The Bertz CT molecular complexity index is 1120. The van der Waals surface area contributed by atoms with Gasteiger partial charge in [-0.05, 0) is 37.6 Å². The van der Waals surface area contributed by atoms with E-state index in [1.165, 1.54) is 18.1 Å². The number of urea groups is 1. The molecule has 0 atom stereocenters. The molecule has 11 heteroatoms. The summed E-state index contributed by atoms with van der Waals surface area (Å²) < 4.78 is 12.5. The van der Waals surface area contributed by atoms with Crippen LogP contribution >= 0.6 is 0 Å². The lowest BCUT2D eigenvalue weighted by Crippen LogP contribution is -2.48. The van der Waals surface area contributed by atoms with E-state index in [4.69, 9.17) is 0 Å². The highest BCUT2D eigenvalue weighted by Crippen LogP contribution is 2.19. The van der Waals surface area contributed by atoms with Gasteiger partial charge in [-0.25, -0.2) is 14.8 Å². The Morgan fingerprint density at radius 3 is 2.82 bits per heavy atom. The minimum atomic E-state index is -0.556. The number of alkyl halides is 1. The van der Waals surface area contributed by atoms with Crippen molar-refractivity contribution in [3.63, 3.8) is 0 Å². The number of nitriles is 1. The number of nitrogens with one attached hydrogen (secondary N) is 1. The third-order valence-corrected chi connectivity index (χ3v) is 5.55. The number of amides is 3. The topological polar surface area (TPSA) is 123 Å². The Labute approximate surface area is 197 Å². The van der Waals surface area contributed by atoms with Gasteiger partial charge in [-0.1, -0.05) is 6.07 Å². The fourth-order valence-corrected chi connectivity index (χ4v) is 3.54. The molecule has 10 nitrogen and oxygen atoms in total. The average Bonchev–Trinajstić information content (AvgIpc) is 2.84. The zero-order valence-corrected chi connectivity index (χ0v) is 19.1. The van der Waals surface area contributed by atoms with E-state index in [1.54, 1.807) is 23.1 Å². The number of anilines is 2. The Morgan fingerprint density at radius 1 is 1.35 bits per heavy atom. The summed E-state index contributed by atoms with van der Waals surface area (Å²) in [5.41, 5.74) is 1.66. The standard InChI is InChI=1S/C23H26FN7O3/c1-29-8-9-31(22(33)14-29)13-17-5-6-21(27-19(17)15-32)30(2)23(34)28-20-10-16(4-3-7-24)18(11-25)12-26-20/h5-6,10,12,15H,3-4,7-9,13-14H2,1-2H3,(H,26,28,34). The molecule has 2 aromatic heterocycles. The maximum absolute atomic E-state index is 12.7. The van der Waals surface area contributed by atoms with Gasteiger partial charge in [0, 0.05) is 38.4 Å². The number of aryl methyl sites for hydroxylation is 1. The van der Waals surface area contributed by atoms with Crippen LogP contribution in [0.2, 0.25) is 0 Å². The lowest BCUT2D eigenvalue weighted by atomic mass is 10.1. The second kappa shape index (κ2) is 11.3. The van der Waals surface area contributed by atoms with Crippen LogP contribution in [0.3, 0.4) is 0 Å². The molecule has 0 aromatic carbocycles. The number of rotatable bonds is 8. The molecule has 0 saturated carbocycles. The van der Waals surface area contributed by atoms with Gasteiger partial charge in [0.05, 0.1) is 18.8 Å². The molecular weight excluding hydrogens is 441 g/mol. The number of aromatic nitrogens is 2. The van der Waals surface area contributed by atoms with Gasteiger partial charge in [0.2, 0.25) is 5.91 Å². The number of carbonyl (C=O) groups excluding carboxylic acids is 3. The van der Waals surface area contributed by atoms with Gasteiger partial charge < -0.3 is 4.90 Å². The molecule has 2 aromatic rings. The Morgan fingerprint density at radius 2 is 2.15 bits per heavy atom. The SMILES string of the molecule is CN1CCN(Cc2ccc(N(C)C(=O)Nc3cc(CCCF)c(C#N)cn3)nc2C=O)C(=O)C1. The molecule has 178 valence electrons. The summed E-state index contributed by atoms with van der Waals surface area (Å²) in [7, 11) is 3.37. The third-order valence-electron chi connectivity index (χ3n) is 5.55. The first kappa shape index (κ1) is 24.7. The third kappa shape index (κ3) is 5.90. The summed E-state index contributed by atoms with van der Waals surface area (Å²) in [5.74, 6) is 0.428. The largest absolute Gasteiger partial charge is 0.336 e. The van der Waals surface area contributed by atoms with Gasteiger partial charge in [-0.15, -0.1) is 0 Å². The lowest BCUT2D eigenvalue weighted by Gasteiger charge is -2.32. The van der Waals surface area contributed by atoms with Crippen LogP contribution in [-0.2, 0) is 17.8 Å². The summed E-state index contributed by atoms with van der Waals surface area (Å²) in [6.07, 6.45) is 2.55. The molecule has 1 aliphatic rings. The van der Waals surface area contributed by atoms with Crippen molar-refractivity contribution >= 4 is 29.9 Å². The second-order valence-corrected chi connectivity index (χ2v) is 8.00. The van der Waals surface area contributed by atoms with Gasteiger partial charge in [-0.3, -0.25) is 29.1 Å². The average molecular weight is 468 g/mol. The van der Waals surface area contributed by atoms with Crippen LogP contribution in [0, 0.1) is 11.3 Å². The zero-order valence-electron chi connectivity index (χ0n) is 19.1. The second-order valence-electron chi connectivity index (χ2n) is 8.00. The molecule has 3 amide bonds. The quantitative estimate of drug-likeness (QED) is 0.589. The van der Waals surface area contributed by atoms with Crippen molar-refractivity contribution in [2.45, 2.75) is 19.4 Å². The molecule has 3 heterocycles. The number of hydrogen-bond acceptors (Lipinski definition) is 7. The van der Waals surface area contributed by atoms with E-state index < -0.39 is 12.7 Å². The number of halogens is 1. The number of hydrogen-bond donors (Lipinski definition) is 1. The highest BCUT2D eigenvalue weighted by atomic mass is 19.1. The van der Waals surface area contributed by atoms with Gasteiger partial charge >= 0.3 is 6.03 Å². The van der Waals surface area contributed by atoms with Gasteiger partial charge in [0.15, 0.2) is 6.29 Å². The van der Waals surface area contributed by atoms with Gasteiger partial charge in [-0.2, -0.15) is 5.26 Å². The first-order valence-corrected chi connectivity index (χ1v) is 10.8. The summed E-state index contributed by atoms with van der Waals surface area (Å²) in [4.78, 5) is 49.8. The summed E-state index contributed by atoms with van der Waals surface area (Å²) in [6, 6.07) is 6.27. The minimum Gasteiger partial charge on any atom is -0.336 e. The van der Waals surface area contributed by atoms with E-state index in [-0.39, 0.29) is 36.2 Å². The molecule has 1 fully saturated rings. The number of pyridine rings is 2. The minimum absolute atomic E-state index is 0.0213. The number of piperazine rings is 1. The van der Waals surface area contributed by atoms with Crippen molar-refractivity contribution in [3.05, 3.63) is 46.8 Å². The van der Waals surface area contributed by atoms with Crippen LogP contribution < -0.4 is 10.2 Å². The van der Waals surface area contributed by atoms with Crippen molar-refractivity contribution in [3.8, 4) is 6.07 Å². The fraction of sp³-hybridized carbons (Fsp3) is 0.391. The fourth-order valence-electron chi connectivity index (χ4n) is 3.54. The molecule has 1 N–H and O–H groups in total. The number of carbonyl (C=O) groups is 3. The summed E-state index contributed by atoms with van der Waals surface area (Å²) in [5, 5.41) is 11.8. The molecule has 0 spiro atoms. The van der Waals surface area contributed by atoms with E-state index in [2.05, 4.69) is 15.3 Å². The predicted octanol–water partition coefficient (Wildman–Crippen LogP) is 2.01. The van der Waals surface area contributed by atoms with E-state index in [9.17, 15) is 24.0 Å². The van der Waals surface area contributed by atoms with E-state index in [0.717, 1.165) is 6.54 Å². The molecule has 1 saturated heterocycles. The van der Waals surface area contributed by atoms with Crippen molar-refractivity contribution in [2.75, 3.05) is 50.6 Å². The Balaban J connectivity index is 1.72. The molecule has 1 aliphatic heterocycles. The van der Waals surface area contributed by atoms with Crippen LogP contribution in [0.1, 0.15) is 33.6 Å². The summed E-state index contributed by atoms with van der Waals surface area (Å²) in [6.45, 7) is 1.38. The molecule has 3 rings (SSSR count). The van der Waals surface area contributed by atoms with E-state index in [1.807, 2.05) is 18.0 Å². The number of likely N-dealkylation sites (N-methyl/N-ethyl adjacent to an activating group) is 1. The van der Waals surface area contributed by atoms with Crippen molar-refractivity contribution in [1.29, 1.82) is 5.26 Å². The van der Waals surface area contributed by atoms with Crippen LogP contribution in [0.25, 0.3) is 0 Å². The molecule has 0 unspecified atom stereocenters. The monoisotopic (exact) mass is 467 g/mol. The van der Waals surface area contributed by atoms with Gasteiger partial charge in [0.25, 0.3) is 0 Å². The van der Waals surface area contributed by atoms with Crippen LogP contribution in [0.15, 0.2) is 24.4 Å². The number of aldehydes is 1. The molecule has 0 bridgehead atoms. The van der Waals surface area contributed by atoms with Crippen molar-refractivity contribution in [2.24, 2.45) is 0 Å². The normalized spacial score (nSPS) is 13.9. The summed E-state index contributed by atoms with van der Waals surface area (Å²) >= 11 is 0. The predicted molar refractivity (Wildman–Crippen MR) is 123 cm³/mol. The first-order chi connectivity index (χ1) is 16.4. The van der Waals surface area contributed by atoms with Crippen LogP contribution in [0.4, 0.5) is 20.8 Å². The highest BCUT2D eigenvalue weighted by molar-refractivity contribution is 6.00. The smallest absolute Gasteiger partial charge is 0.328 e. The molecule has 0 radical (unpaired) electrons. The van der Waals surface area contributed by atoms with E-state index in [0.29, 0.717) is 42.5 Å². The maximum Gasteiger partial charge on any atom is 0.328 e.